The highest BCUT2D eigenvalue weighted by molar-refractivity contribution is 14.1. The molecule has 4 nitrogen and oxygen atoms in total. The first-order chi connectivity index (χ1) is 13.2. The number of aromatic nitrogens is 1. The maximum absolute atomic E-state index is 12.1. The summed E-state index contributed by atoms with van der Waals surface area (Å²) in [6.07, 6.45) is 5.36. The fraction of sp³-hybridized carbons (Fsp3) is 0.136. The number of benzene rings is 2. The number of hydrogen-bond donors (Lipinski definition) is 2. The van der Waals surface area contributed by atoms with Crippen molar-refractivity contribution in [2.24, 2.45) is 0 Å². The molecule has 4 rings (SSSR count). The number of carbonyl (C=O) groups is 1. The number of rotatable bonds is 5. The van der Waals surface area contributed by atoms with E-state index in [-0.39, 0.29) is 5.92 Å². The van der Waals surface area contributed by atoms with E-state index in [1.165, 1.54) is 22.3 Å². The number of carbonyl (C=O) groups excluding carboxylic acids is 1. The van der Waals surface area contributed by atoms with Crippen molar-refractivity contribution >= 4 is 34.8 Å². The smallest absolute Gasteiger partial charge is 0.407 e. The van der Waals surface area contributed by atoms with E-state index >= 15 is 0 Å². The first-order valence-electron chi connectivity index (χ1n) is 8.81. The molecule has 136 valence electrons. The Balaban J connectivity index is 1.34. The molecule has 2 N–H and O–H groups in total. The Morgan fingerprint density at radius 2 is 1.78 bits per heavy atom. The lowest BCUT2D eigenvalue weighted by molar-refractivity contribution is 0.144. The van der Waals surface area contributed by atoms with Crippen molar-refractivity contribution in [3.63, 3.8) is 0 Å². The molecule has 0 unspecified atom stereocenters. The van der Waals surface area contributed by atoms with Gasteiger partial charge in [0.2, 0.25) is 0 Å². The Hall–Kier alpha value is -2.54. The third-order valence-electron chi connectivity index (χ3n) is 4.68. The van der Waals surface area contributed by atoms with Crippen molar-refractivity contribution in [3.8, 4) is 11.1 Å². The van der Waals surface area contributed by atoms with Crippen LogP contribution in [0.2, 0.25) is 0 Å². The number of alkyl carbamates (subject to hydrolysis) is 1. The molecule has 0 saturated carbocycles. The van der Waals surface area contributed by atoms with E-state index in [4.69, 9.17) is 4.74 Å². The summed E-state index contributed by atoms with van der Waals surface area (Å²) in [6.45, 7) is 0.755. The Bertz CT molecular complexity index is 948. The summed E-state index contributed by atoms with van der Waals surface area (Å²) in [4.78, 5) is 15.2. The average Bonchev–Trinajstić information content (AvgIpc) is 3.25. The molecule has 0 atom stereocenters. The highest BCUT2D eigenvalue weighted by Gasteiger charge is 2.28. The molecule has 27 heavy (non-hydrogen) atoms. The van der Waals surface area contributed by atoms with Crippen LogP contribution in [0.15, 0.2) is 66.9 Å². The number of fused-ring (bicyclic) bond motifs is 3. The number of H-pyrrole nitrogens is 1. The van der Waals surface area contributed by atoms with Crippen LogP contribution in [0.25, 0.3) is 17.2 Å². The second-order valence-corrected chi connectivity index (χ2v) is 7.63. The predicted octanol–water partition coefficient (Wildman–Crippen LogP) is 5.17. The maximum atomic E-state index is 12.1. The molecule has 0 radical (unpaired) electrons. The number of halogens is 1. The third-order valence-corrected chi connectivity index (χ3v) is 5.30. The van der Waals surface area contributed by atoms with Crippen molar-refractivity contribution < 1.29 is 9.53 Å². The van der Waals surface area contributed by atoms with E-state index in [9.17, 15) is 4.79 Å². The molecule has 2 aromatic carbocycles. The molecule has 1 aromatic heterocycles. The van der Waals surface area contributed by atoms with Gasteiger partial charge in [-0.1, -0.05) is 54.6 Å². The number of amides is 1. The van der Waals surface area contributed by atoms with Crippen LogP contribution in [0.5, 0.6) is 0 Å². The lowest BCUT2D eigenvalue weighted by atomic mass is 9.98. The fourth-order valence-corrected chi connectivity index (χ4v) is 3.95. The molecule has 1 aliphatic rings. The summed E-state index contributed by atoms with van der Waals surface area (Å²) < 4.78 is 6.65. The number of hydrogen-bond acceptors (Lipinski definition) is 2. The van der Waals surface area contributed by atoms with E-state index < -0.39 is 6.09 Å². The van der Waals surface area contributed by atoms with Gasteiger partial charge < -0.3 is 15.0 Å². The zero-order chi connectivity index (χ0) is 18.6. The van der Waals surface area contributed by atoms with Crippen LogP contribution in [0.3, 0.4) is 0 Å². The maximum Gasteiger partial charge on any atom is 0.407 e. The van der Waals surface area contributed by atoms with Crippen LogP contribution >= 0.6 is 22.6 Å². The monoisotopic (exact) mass is 470 g/mol. The first kappa shape index (κ1) is 17.9. The minimum Gasteiger partial charge on any atom is -0.449 e. The summed E-state index contributed by atoms with van der Waals surface area (Å²) in [7, 11) is 0. The van der Waals surface area contributed by atoms with Crippen LogP contribution in [-0.4, -0.2) is 24.2 Å². The van der Waals surface area contributed by atoms with E-state index in [1.807, 2.05) is 48.7 Å². The summed E-state index contributed by atoms with van der Waals surface area (Å²) in [5, 5.41) is 2.77. The molecule has 0 bridgehead atoms. The average molecular weight is 470 g/mol. The quantitative estimate of drug-likeness (QED) is 0.506. The number of ether oxygens (including phenoxy) is 1. The highest BCUT2D eigenvalue weighted by atomic mass is 127. The van der Waals surface area contributed by atoms with E-state index in [1.54, 1.807) is 0 Å². The van der Waals surface area contributed by atoms with Crippen molar-refractivity contribution in [2.75, 3.05) is 13.2 Å². The van der Waals surface area contributed by atoms with E-state index in [2.05, 4.69) is 57.2 Å². The molecule has 3 aromatic rings. The van der Waals surface area contributed by atoms with Gasteiger partial charge in [0.25, 0.3) is 0 Å². The Labute approximate surface area is 171 Å². The van der Waals surface area contributed by atoms with Gasteiger partial charge in [-0.15, -0.1) is 0 Å². The lowest BCUT2D eigenvalue weighted by Crippen LogP contribution is -2.26. The summed E-state index contributed by atoms with van der Waals surface area (Å²) in [5.74, 6) is 0.0830. The van der Waals surface area contributed by atoms with Gasteiger partial charge in [0.15, 0.2) is 0 Å². The van der Waals surface area contributed by atoms with Gasteiger partial charge in [0.1, 0.15) is 6.61 Å². The van der Waals surface area contributed by atoms with Crippen LogP contribution in [-0.2, 0) is 4.74 Å². The molecular formula is C22H19IN2O2. The molecule has 1 heterocycles. The highest BCUT2D eigenvalue weighted by Crippen LogP contribution is 2.44. The zero-order valence-corrected chi connectivity index (χ0v) is 16.8. The van der Waals surface area contributed by atoms with Gasteiger partial charge in [0, 0.05) is 27.9 Å². The van der Waals surface area contributed by atoms with Crippen molar-refractivity contribution in [1.29, 1.82) is 0 Å². The predicted molar refractivity (Wildman–Crippen MR) is 116 cm³/mol. The molecule has 1 aliphatic carbocycles. The molecule has 0 saturated heterocycles. The first-order valence-corrected chi connectivity index (χ1v) is 9.89. The number of aromatic amines is 1. The van der Waals surface area contributed by atoms with Crippen LogP contribution < -0.4 is 5.32 Å². The summed E-state index contributed by atoms with van der Waals surface area (Å²) >= 11 is 2.25. The Morgan fingerprint density at radius 1 is 1.11 bits per heavy atom. The number of nitrogens with one attached hydrogen (secondary N) is 2. The van der Waals surface area contributed by atoms with Crippen LogP contribution in [0.4, 0.5) is 4.79 Å². The molecule has 1 amide bonds. The molecule has 0 aliphatic heterocycles. The van der Waals surface area contributed by atoms with E-state index in [0.717, 1.165) is 9.26 Å². The van der Waals surface area contributed by atoms with Crippen LogP contribution in [0.1, 0.15) is 22.7 Å². The van der Waals surface area contributed by atoms with Crippen molar-refractivity contribution in [2.45, 2.75) is 5.92 Å². The normalized spacial score (nSPS) is 12.8. The second-order valence-electron chi connectivity index (χ2n) is 6.38. The molecule has 0 spiro atoms. The standard InChI is InChI=1S/C22H19IN2O2/c23-15-12-16(25-13-15)6-5-11-24-22(26)27-14-21-19-9-3-1-7-17(19)18-8-2-4-10-20(18)21/h1-10,12-13,21,25H,11,14H2,(H,24,26). The van der Waals surface area contributed by atoms with Crippen LogP contribution in [0, 0.1) is 3.57 Å². The van der Waals surface area contributed by atoms with Gasteiger partial charge >= 0.3 is 6.09 Å². The SMILES string of the molecule is O=C(NCC=Cc1cc(I)c[nH]1)OCC1c2ccccc2-c2ccccc21. The van der Waals surface area contributed by atoms with Crippen molar-refractivity contribution in [1.82, 2.24) is 10.3 Å². The Kier molecular flexibility index (Phi) is 5.29. The van der Waals surface area contributed by atoms with Gasteiger partial charge in [-0.25, -0.2) is 4.79 Å². The van der Waals surface area contributed by atoms with Gasteiger partial charge in [-0.05, 0) is 57.0 Å². The molecule has 5 heteroatoms. The summed E-state index contributed by atoms with van der Waals surface area (Å²) in [5.41, 5.74) is 5.89. The lowest BCUT2D eigenvalue weighted by Gasteiger charge is -2.14. The Morgan fingerprint density at radius 3 is 2.41 bits per heavy atom. The topological polar surface area (TPSA) is 54.1 Å². The van der Waals surface area contributed by atoms with Crippen molar-refractivity contribution in [3.05, 3.63) is 87.3 Å². The molecular weight excluding hydrogens is 451 g/mol. The van der Waals surface area contributed by atoms with Gasteiger partial charge in [0.05, 0.1) is 0 Å². The minimum absolute atomic E-state index is 0.0830. The zero-order valence-electron chi connectivity index (χ0n) is 14.6. The largest absolute Gasteiger partial charge is 0.449 e. The second kappa shape index (κ2) is 8.00. The summed E-state index contributed by atoms with van der Waals surface area (Å²) in [6, 6.07) is 18.7. The fourth-order valence-electron chi connectivity index (χ4n) is 3.46. The minimum atomic E-state index is -0.400. The molecule has 0 fully saturated rings. The van der Waals surface area contributed by atoms with Gasteiger partial charge in [-0.3, -0.25) is 0 Å². The van der Waals surface area contributed by atoms with Gasteiger partial charge in [-0.2, -0.15) is 0 Å². The third kappa shape index (κ3) is 3.93. The van der Waals surface area contributed by atoms with E-state index in [0.29, 0.717) is 13.2 Å².